The summed E-state index contributed by atoms with van der Waals surface area (Å²) in [6.07, 6.45) is 9.78. The highest BCUT2D eigenvalue weighted by molar-refractivity contribution is 6.20. The number of rotatable bonds is 1. The number of nitrogens with zero attached hydrogens (tertiary/aromatic N) is 1. The Labute approximate surface area is 157 Å². The Morgan fingerprint density at radius 1 is 0.889 bits per heavy atom. The summed E-state index contributed by atoms with van der Waals surface area (Å²) in [6.45, 7) is 0. The molecule has 1 aliphatic heterocycles. The summed E-state index contributed by atoms with van der Waals surface area (Å²) in [5.74, 6) is 1.59. The number of benzene rings is 1. The van der Waals surface area contributed by atoms with Gasteiger partial charge in [0.05, 0.1) is 16.7 Å². The zero-order chi connectivity index (χ0) is 18.1. The number of cyclic esters (lactones) is 2. The number of hydrogen-bond donors (Lipinski definition) is 0. The molecule has 0 spiro atoms. The van der Waals surface area contributed by atoms with Crippen LogP contribution in [0.25, 0.3) is 17.1 Å². The predicted molar refractivity (Wildman–Crippen MR) is 101 cm³/mol. The zero-order valence-electron chi connectivity index (χ0n) is 15.1. The fourth-order valence-corrected chi connectivity index (χ4v) is 6.25. The van der Waals surface area contributed by atoms with Gasteiger partial charge in [-0.3, -0.25) is 0 Å². The van der Waals surface area contributed by atoms with E-state index in [2.05, 4.69) is 0 Å². The van der Waals surface area contributed by atoms with Crippen molar-refractivity contribution < 1.29 is 14.3 Å². The van der Waals surface area contributed by atoms with Gasteiger partial charge in [-0.15, -0.1) is 0 Å². The van der Waals surface area contributed by atoms with Crippen molar-refractivity contribution in [3.8, 4) is 0 Å². The first-order valence-corrected chi connectivity index (χ1v) is 9.95. The van der Waals surface area contributed by atoms with Crippen LogP contribution in [0.1, 0.15) is 32.1 Å². The van der Waals surface area contributed by atoms with Gasteiger partial charge in [0.1, 0.15) is 0 Å². The summed E-state index contributed by atoms with van der Waals surface area (Å²) in [5.41, 5.74) is 3.25. The molecular formula is C23H21NO3. The number of carbonyl (C=O) groups excluding carboxylic acids is 2. The van der Waals surface area contributed by atoms with E-state index in [0.717, 1.165) is 22.7 Å². The van der Waals surface area contributed by atoms with Crippen LogP contribution < -0.4 is 0 Å². The molecule has 136 valence electrons. The van der Waals surface area contributed by atoms with Crippen molar-refractivity contribution in [1.29, 1.82) is 0 Å². The van der Waals surface area contributed by atoms with Crippen LogP contribution >= 0.6 is 0 Å². The molecule has 4 bridgehead atoms. The Hall–Kier alpha value is -2.62. The van der Waals surface area contributed by atoms with Gasteiger partial charge in [0, 0.05) is 12.4 Å². The molecule has 4 saturated carbocycles. The lowest BCUT2D eigenvalue weighted by molar-refractivity contribution is -0.149. The van der Waals surface area contributed by atoms with E-state index in [1.165, 1.54) is 37.7 Å². The standard InChI is InChI=1S/C23H21NO3/c25-22-18(12-24-6-5-15-3-1-2-4-19(15)24)21(23(26)27-22)20-16-8-13-7-14(10-16)11-17(20)9-13/h1-6,12-14,16-17H,7-11H2/b18-12-,21-20?. The van der Waals surface area contributed by atoms with Crippen LogP contribution in [0.2, 0.25) is 0 Å². The average molecular weight is 359 g/mol. The van der Waals surface area contributed by atoms with Gasteiger partial charge >= 0.3 is 11.9 Å². The van der Waals surface area contributed by atoms with Gasteiger partial charge in [0.25, 0.3) is 0 Å². The predicted octanol–water partition coefficient (Wildman–Crippen LogP) is 4.32. The van der Waals surface area contributed by atoms with Crippen molar-refractivity contribution >= 4 is 29.0 Å². The summed E-state index contributed by atoms with van der Waals surface area (Å²) in [4.78, 5) is 25.2. The van der Waals surface area contributed by atoms with E-state index in [4.69, 9.17) is 4.74 Å². The van der Waals surface area contributed by atoms with E-state index in [1.54, 1.807) is 6.20 Å². The van der Waals surface area contributed by atoms with Gasteiger partial charge < -0.3 is 9.30 Å². The van der Waals surface area contributed by atoms with Crippen molar-refractivity contribution in [3.63, 3.8) is 0 Å². The highest BCUT2D eigenvalue weighted by atomic mass is 16.6. The molecule has 5 aliphatic rings. The molecule has 0 N–H and O–H groups in total. The van der Waals surface area contributed by atoms with Gasteiger partial charge in [-0.1, -0.05) is 18.2 Å². The third-order valence-corrected chi connectivity index (χ3v) is 7.08. The molecular weight excluding hydrogens is 338 g/mol. The molecule has 1 aromatic heterocycles. The maximum Gasteiger partial charge on any atom is 0.348 e. The minimum atomic E-state index is -0.505. The second-order valence-electron chi connectivity index (χ2n) is 8.64. The third-order valence-electron chi connectivity index (χ3n) is 7.08. The van der Waals surface area contributed by atoms with E-state index in [-0.39, 0.29) is 0 Å². The number of fused-ring (bicyclic) bond motifs is 1. The molecule has 0 radical (unpaired) electrons. The maximum atomic E-state index is 12.7. The largest absolute Gasteiger partial charge is 0.386 e. The minimum absolute atomic E-state index is 0.434. The summed E-state index contributed by atoms with van der Waals surface area (Å²) in [5, 5.41) is 1.11. The van der Waals surface area contributed by atoms with Crippen LogP contribution in [0.3, 0.4) is 0 Å². The molecule has 1 aromatic carbocycles. The van der Waals surface area contributed by atoms with E-state index in [9.17, 15) is 9.59 Å². The molecule has 1 saturated heterocycles. The Morgan fingerprint density at radius 2 is 1.59 bits per heavy atom. The third kappa shape index (κ3) is 2.22. The fourth-order valence-electron chi connectivity index (χ4n) is 6.25. The highest BCUT2D eigenvalue weighted by Crippen LogP contribution is 2.58. The Balaban J connectivity index is 1.51. The van der Waals surface area contributed by atoms with Crippen molar-refractivity contribution in [2.45, 2.75) is 32.1 Å². The van der Waals surface area contributed by atoms with Gasteiger partial charge in [0.2, 0.25) is 0 Å². The molecule has 0 atom stereocenters. The summed E-state index contributed by atoms with van der Waals surface area (Å²) < 4.78 is 7.02. The summed E-state index contributed by atoms with van der Waals surface area (Å²) >= 11 is 0. The number of allylic oxidation sites excluding steroid dienone is 1. The molecule has 4 aliphatic carbocycles. The normalized spacial score (nSPS) is 33.6. The lowest BCUT2D eigenvalue weighted by atomic mass is 9.53. The van der Waals surface area contributed by atoms with Crippen LogP contribution in [0, 0.1) is 23.7 Å². The Morgan fingerprint density at radius 3 is 2.33 bits per heavy atom. The van der Waals surface area contributed by atoms with Crippen LogP contribution in [-0.2, 0) is 14.3 Å². The first-order chi connectivity index (χ1) is 13.2. The molecule has 2 heterocycles. The average Bonchev–Trinajstić information content (AvgIpc) is 3.17. The zero-order valence-corrected chi connectivity index (χ0v) is 15.1. The number of carbonyl (C=O) groups is 2. The molecule has 4 heteroatoms. The van der Waals surface area contributed by atoms with E-state index >= 15 is 0 Å². The molecule has 5 fully saturated rings. The number of ether oxygens (including phenoxy) is 1. The number of hydrogen-bond acceptors (Lipinski definition) is 3. The highest BCUT2D eigenvalue weighted by Gasteiger charge is 2.49. The number of para-hydroxylation sites is 1. The van der Waals surface area contributed by atoms with E-state index < -0.39 is 11.9 Å². The fraction of sp³-hybridized carbons (Fsp3) is 0.391. The molecule has 0 unspecified atom stereocenters. The number of aromatic nitrogens is 1. The lowest BCUT2D eigenvalue weighted by Crippen LogP contribution is -2.41. The smallest absolute Gasteiger partial charge is 0.348 e. The molecule has 0 amide bonds. The van der Waals surface area contributed by atoms with Crippen molar-refractivity contribution in [2.24, 2.45) is 23.7 Å². The van der Waals surface area contributed by atoms with Crippen molar-refractivity contribution in [2.75, 3.05) is 0 Å². The van der Waals surface area contributed by atoms with E-state index in [1.807, 2.05) is 41.1 Å². The van der Waals surface area contributed by atoms with Gasteiger partial charge in [0.15, 0.2) is 0 Å². The topological polar surface area (TPSA) is 48.3 Å². The van der Waals surface area contributed by atoms with Crippen molar-refractivity contribution in [1.82, 2.24) is 4.57 Å². The van der Waals surface area contributed by atoms with Crippen LogP contribution in [0.15, 0.2) is 53.2 Å². The molecule has 27 heavy (non-hydrogen) atoms. The Kier molecular flexibility index (Phi) is 3.11. The van der Waals surface area contributed by atoms with Gasteiger partial charge in [-0.25, -0.2) is 9.59 Å². The second kappa shape index (κ2) is 5.44. The van der Waals surface area contributed by atoms with Gasteiger partial charge in [-0.05, 0) is 78.9 Å². The first kappa shape index (κ1) is 15.4. The first-order valence-electron chi connectivity index (χ1n) is 9.95. The quantitative estimate of drug-likeness (QED) is 0.433. The van der Waals surface area contributed by atoms with E-state index in [0.29, 0.717) is 23.0 Å². The number of esters is 2. The van der Waals surface area contributed by atoms with Crippen molar-refractivity contribution in [3.05, 3.63) is 53.2 Å². The Bertz CT molecular complexity index is 1020. The molecule has 2 aromatic rings. The second-order valence-corrected chi connectivity index (χ2v) is 8.64. The lowest BCUT2D eigenvalue weighted by Gasteiger charge is -2.51. The monoisotopic (exact) mass is 359 g/mol. The maximum absolute atomic E-state index is 12.7. The van der Waals surface area contributed by atoms with Crippen LogP contribution in [0.4, 0.5) is 0 Å². The molecule has 7 rings (SSSR count). The minimum Gasteiger partial charge on any atom is -0.386 e. The summed E-state index contributed by atoms with van der Waals surface area (Å²) in [6, 6.07) is 10.1. The summed E-state index contributed by atoms with van der Waals surface area (Å²) in [7, 11) is 0. The SMILES string of the molecule is O=C1OC(=O)/C(=C\n2ccc3ccccc32)C1=C1C2CC3CC(C2)CC1C3. The molecule has 4 nitrogen and oxygen atoms in total. The van der Waals surface area contributed by atoms with Gasteiger partial charge in [-0.2, -0.15) is 0 Å². The van der Waals surface area contributed by atoms with Crippen LogP contribution in [-0.4, -0.2) is 16.5 Å². The van der Waals surface area contributed by atoms with Crippen LogP contribution in [0.5, 0.6) is 0 Å².